The Morgan fingerprint density at radius 3 is 2.00 bits per heavy atom. The van der Waals surface area contributed by atoms with Crippen LogP contribution in [0.4, 0.5) is 0 Å². The number of rotatable bonds is 1. The first-order valence-corrected chi connectivity index (χ1v) is 7.03. The zero-order valence-electron chi connectivity index (χ0n) is 11.5. The molecule has 4 rings (SSSR count). The summed E-state index contributed by atoms with van der Waals surface area (Å²) >= 11 is 0. The maximum Gasteiger partial charge on any atom is 0.124 e. The Bertz CT molecular complexity index is 943. The van der Waals surface area contributed by atoms with Crippen molar-refractivity contribution < 1.29 is 5.11 Å². The molecule has 0 spiro atoms. The second kappa shape index (κ2) is 4.64. The predicted octanol–water partition coefficient (Wildman–Crippen LogP) is 5.37. The first-order chi connectivity index (χ1) is 10.3. The monoisotopic (exact) mass is 270 g/mol. The van der Waals surface area contributed by atoms with Gasteiger partial charge in [-0.15, -0.1) is 0 Å². The van der Waals surface area contributed by atoms with Crippen LogP contribution in [0.2, 0.25) is 0 Å². The van der Waals surface area contributed by atoms with E-state index >= 15 is 0 Å². The van der Waals surface area contributed by atoms with Gasteiger partial charge >= 0.3 is 0 Å². The average molecular weight is 270 g/mol. The zero-order chi connectivity index (χ0) is 14.2. The minimum atomic E-state index is 0.330. The van der Waals surface area contributed by atoms with Gasteiger partial charge in [0.25, 0.3) is 0 Å². The van der Waals surface area contributed by atoms with Crippen LogP contribution in [0, 0.1) is 0 Å². The van der Waals surface area contributed by atoms with Crippen LogP contribution in [0.15, 0.2) is 78.9 Å². The zero-order valence-corrected chi connectivity index (χ0v) is 11.5. The highest BCUT2D eigenvalue weighted by molar-refractivity contribution is 6.07. The Hall–Kier alpha value is -2.80. The summed E-state index contributed by atoms with van der Waals surface area (Å²) in [4.78, 5) is 0. The predicted molar refractivity (Wildman–Crippen MR) is 88.6 cm³/mol. The van der Waals surface area contributed by atoms with Crippen molar-refractivity contribution in [3.05, 3.63) is 78.9 Å². The molecule has 1 N–H and O–H groups in total. The summed E-state index contributed by atoms with van der Waals surface area (Å²) < 4.78 is 0. The number of hydrogen-bond donors (Lipinski definition) is 1. The molecule has 0 unspecified atom stereocenters. The SMILES string of the molecule is Oc1cccc2cccc(-c3cccc4ccccc34)c12. The molecular weight excluding hydrogens is 256 g/mol. The minimum Gasteiger partial charge on any atom is -0.507 e. The number of fused-ring (bicyclic) bond motifs is 2. The van der Waals surface area contributed by atoms with Crippen LogP contribution in [0.3, 0.4) is 0 Å². The third kappa shape index (κ3) is 1.86. The van der Waals surface area contributed by atoms with Gasteiger partial charge in [0.1, 0.15) is 5.75 Å². The van der Waals surface area contributed by atoms with Crippen LogP contribution >= 0.6 is 0 Å². The standard InChI is InChI=1S/C20H14O/c21-19-13-5-9-15-8-4-12-18(20(15)19)17-11-3-7-14-6-1-2-10-16(14)17/h1-13,21H. The van der Waals surface area contributed by atoms with Gasteiger partial charge in [0.15, 0.2) is 0 Å². The second-order valence-corrected chi connectivity index (χ2v) is 5.21. The van der Waals surface area contributed by atoms with E-state index in [1.165, 1.54) is 10.8 Å². The molecule has 0 saturated carbocycles. The van der Waals surface area contributed by atoms with Crippen molar-refractivity contribution in [1.29, 1.82) is 0 Å². The molecule has 0 aliphatic heterocycles. The molecule has 0 saturated heterocycles. The van der Waals surface area contributed by atoms with Crippen molar-refractivity contribution in [1.82, 2.24) is 0 Å². The van der Waals surface area contributed by atoms with Crippen molar-refractivity contribution in [2.75, 3.05) is 0 Å². The van der Waals surface area contributed by atoms with Gasteiger partial charge in [-0.25, -0.2) is 0 Å². The van der Waals surface area contributed by atoms with E-state index in [-0.39, 0.29) is 0 Å². The van der Waals surface area contributed by atoms with Crippen LogP contribution in [-0.2, 0) is 0 Å². The van der Waals surface area contributed by atoms with Crippen molar-refractivity contribution >= 4 is 21.5 Å². The average Bonchev–Trinajstić information content (AvgIpc) is 2.54. The lowest BCUT2D eigenvalue weighted by Crippen LogP contribution is -1.84. The lowest BCUT2D eigenvalue weighted by Gasteiger charge is -2.11. The Kier molecular flexibility index (Phi) is 2.65. The molecule has 0 amide bonds. The fourth-order valence-corrected chi connectivity index (χ4v) is 3.01. The molecule has 0 radical (unpaired) electrons. The molecule has 21 heavy (non-hydrogen) atoms. The molecule has 100 valence electrons. The fourth-order valence-electron chi connectivity index (χ4n) is 3.01. The van der Waals surface area contributed by atoms with Crippen LogP contribution in [0.25, 0.3) is 32.7 Å². The van der Waals surface area contributed by atoms with E-state index in [4.69, 9.17) is 0 Å². The van der Waals surface area contributed by atoms with Crippen molar-refractivity contribution in [2.24, 2.45) is 0 Å². The van der Waals surface area contributed by atoms with E-state index in [2.05, 4.69) is 42.5 Å². The fraction of sp³-hybridized carbons (Fsp3) is 0. The largest absolute Gasteiger partial charge is 0.507 e. The summed E-state index contributed by atoms with van der Waals surface area (Å²) in [6.45, 7) is 0. The Labute approximate surface area is 123 Å². The topological polar surface area (TPSA) is 20.2 Å². The maximum atomic E-state index is 10.3. The van der Waals surface area contributed by atoms with Crippen molar-refractivity contribution in [2.45, 2.75) is 0 Å². The molecule has 0 fully saturated rings. The molecule has 1 nitrogen and oxygen atoms in total. The lowest BCUT2D eigenvalue weighted by molar-refractivity contribution is 0.482. The molecule has 0 heterocycles. The van der Waals surface area contributed by atoms with E-state index < -0.39 is 0 Å². The maximum absolute atomic E-state index is 10.3. The third-order valence-corrected chi connectivity index (χ3v) is 3.96. The van der Waals surface area contributed by atoms with E-state index in [0.29, 0.717) is 5.75 Å². The molecule has 4 aromatic carbocycles. The molecule has 0 bridgehead atoms. The van der Waals surface area contributed by atoms with Gasteiger partial charge in [-0.1, -0.05) is 72.8 Å². The van der Waals surface area contributed by atoms with Gasteiger partial charge in [0.2, 0.25) is 0 Å². The minimum absolute atomic E-state index is 0.330. The molecule has 0 aliphatic carbocycles. The van der Waals surface area contributed by atoms with Crippen LogP contribution in [-0.4, -0.2) is 5.11 Å². The quantitative estimate of drug-likeness (QED) is 0.493. The number of phenolic OH excluding ortho intramolecular Hbond substituents is 1. The summed E-state index contributed by atoms with van der Waals surface area (Å²) in [6.07, 6.45) is 0. The van der Waals surface area contributed by atoms with Crippen LogP contribution < -0.4 is 0 Å². The van der Waals surface area contributed by atoms with E-state index in [1.54, 1.807) is 6.07 Å². The van der Waals surface area contributed by atoms with E-state index in [1.807, 2.05) is 30.3 Å². The van der Waals surface area contributed by atoms with Gasteiger partial charge in [-0.05, 0) is 33.4 Å². The van der Waals surface area contributed by atoms with Gasteiger partial charge in [0, 0.05) is 5.39 Å². The number of benzene rings is 4. The van der Waals surface area contributed by atoms with Gasteiger partial charge in [-0.3, -0.25) is 0 Å². The van der Waals surface area contributed by atoms with Crippen molar-refractivity contribution in [3.63, 3.8) is 0 Å². The summed E-state index contributed by atoms with van der Waals surface area (Å²) in [7, 11) is 0. The van der Waals surface area contributed by atoms with Crippen molar-refractivity contribution in [3.8, 4) is 16.9 Å². The van der Waals surface area contributed by atoms with Gasteiger partial charge < -0.3 is 5.11 Å². The summed E-state index contributed by atoms with van der Waals surface area (Å²) in [5.41, 5.74) is 2.22. The van der Waals surface area contributed by atoms with Crippen LogP contribution in [0.5, 0.6) is 5.75 Å². The Morgan fingerprint density at radius 2 is 1.14 bits per heavy atom. The molecule has 0 aliphatic rings. The van der Waals surface area contributed by atoms with Gasteiger partial charge in [-0.2, -0.15) is 0 Å². The summed E-state index contributed by atoms with van der Waals surface area (Å²) in [6, 6.07) is 26.4. The highest BCUT2D eigenvalue weighted by atomic mass is 16.3. The normalized spacial score (nSPS) is 11.0. The molecular formula is C20H14O. The highest BCUT2D eigenvalue weighted by Gasteiger charge is 2.09. The smallest absolute Gasteiger partial charge is 0.124 e. The van der Waals surface area contributed by atoms with E-state index in [0.717, 1.165) is 21.9 Å². The molecule has 4 aromatic rings. The first-order valence-electron chi connectivity index (χ1n) is 7.03. The number of aromatic hydroxyl groups is 1. The van der Waals surface area contributed by atoms with Crippen LogP contribution in [0.1, 0.15) is 0 Å². The Morgan fingerprint density at radius 1 is 0.524 bits per heavy atom. The number of phenols is 1. The summed E-state index contributed by atoms with van der Waals surface area (Å²) in [5, 5.41) is 14.7. The molecule has 0 atom stereocenters. The molecule has 1 heteroatoms. The number of hydrogen-bond acceptors (Lipinski definition) is 1. The molecule has 0 aromatic heterocycles. The third-order valence-electron chi connectivity index (χ3n) is 3.96. The van der Waals surface area contributed by atoms with Gasteiger partial charge in [0.05, 0.1) is 0 Å². The summed E-state index contributed by atoms with van der Waals surface area (Å²) in [5.74, 6) is 0.330. The highest BCUT2D eigenvalue weighted by Crippen LogP contribution is 2.37. The second-order valence-electron chi connectivity index (χ2n) is 5.21. The Balaban J connectivity index is 2.15. The lowest BCUT2D eigenvalue weighted by atomic mass is 9.93. The van der Waals surface area contributed by atoms with E-state index in [9.17, 15) is 5.11 Å². The first kappa shape index (κ1) is 12.0.